The fourth-order valence-corrected chi connectivity index (χ4v) is 2.64. The van der Waals surface area contributed by atoms with E-state index < -0.39 is 29.9 Å². The zero-order chi connectivity index (χ0) is 21.0. The molecule has 150 valence electrons. The van der Waals surface area contributed by atoms with Crippen LogP contribution in [0.4, 0.5) is 13.2 Å². The monoisotopic (exact) mass is 404 g/mol. The molecule has 0 saturated carbocycles. The van der Waals surface area contributed by atoms with Crippen molar-refractivity contribution in [1.29, 1.82) is 0 Å². The lowest BCUT2D eigenvalue weighted by atomic mass is 10.1. The van der Waals surface area contributed by atoms with Crippen molar-refractivity contribution in [3.05, 3.63) is 75.8 Å². The number of carbonyl (C=O) groups excluding carboxylic acids is 2. The molecule has 0 amide bonds. The Labute approximate surface area is 162 Å². The first-order chi connectivity index (χ1) is 13.7. The van der Waals surface area contributed by atoms with E-state index in [1.165, 1.54) is 0 Å². The molecule has 29 heavy (non-hydrogen) atoms. The van der Waals surface area contributed by atoms with Crippen LogP contribution in [0.5, 0.6) is 0 Å². The standard InChI is InChI=1S/C20H15F3N2O4/c21-20(22,23)13-6-7-14-15(10-13)24-17(25-19(14)28)11-29-18(27)9-8-16(26)12-4-2-1-3-5-12/h1-7,10H,8-9,11H2,(H,24,25,28). The second-order valence-corrected chi connectivity index (χ2v) is 6.19. The molecule has 1 aromatic heterocycles. The number of benzene rings is 2. The number of Topliss-reactive ketones (excluding diaryl/α,β-unsaturated/α-hetero) is 1. The van der Waals surface area contributed by atoms with Crippen LogP contribution in [0.1, 0.15) is 34.6 Å². The molecular formula is C20H15F3N2O4. The Kier molecular flexibility index (Phi) is 5.76. The van der Waals surface area contributed by atoms with E-state index >= 15 is 0 Å². The van der Waals surface area contributed by atoms with Gasteiger partial charge in [0.15, 0.2) is 5.78 Å². The summed E-state index contributed by atoms with van der Waals surface area (Å²) in [5, 5.41) is -0.0125. The number of esters is 1. The molecule has 0 saturated heterocycles. The summed E-state index contributed by atoms with van der Waals surface area (Å²) in [5.74, 6) is -1.01. The SMILES string of the molecule is O=C(CCC(=O)c1ccccc1)OCc1nc2cc(C(F)(F)F)ccc2c(=O)[nH]1. The van der Waals surface area contributed by atoms with Gasteiger partial charge >= 0.3 is 12.1 Å². The van der Waals surface area contributed by atoms with Crippen LogP contribution in [0.25, 0.3) is 10.9 Å². The van der Waals surface area contributed by atoms with Crippen LogP contribution in [0.15, 0.2) is 53.3 Å². The third-order valence-corrected chi connectivity index (χ3v) is 4.10. The van der Waals surface area contributed by atoms with Gasteiger partial charge in [-0.3, -0.25) is 14.4 Å². The predicted octanol–water partition coefficient (Wildman–Crippen LogP) is 3.65. The summed E-state index contributed by atoms with van der Waals surface area (Å²) in [6.07, 6.45) is -4.81. The van der Waals surface area contributed by atoms with Crippen LogP contribution >= 0.6 is 0 Å². The average molecular weight is 404 g/mol. The van der Waals surface area contributed by atoms with Crippen molar-refractivity contribution in [2.75, 3.05) is 0 Å². The maximum atomic E-state index is 12.8. The number of ketones is 1. The molecule has 2 aromatic carbocycles. The molecule has 0 bridgehead atoms. The van der Waals surface area contributed by atoms with Crippen LogP contribution in [-0.2, 0) is 22.3 Å². The van der Waals surface area contributed by atoms with Gasteiger partial charge in [0.2, 0.25) is 0 Å². The molecule has 6 nitrogen and oxygen atoms in total. The van der Waals surface area contributed by atoms with E-state index in [9.17, 15) is 27.6 Å². The summed E-state index contributed by atoms with van der Waals surface area (Å²) >= 11 is 0. The van der Waals surface area contributed by atoms with Crippen LogP contribution in [0.3, 0.4) is 0 Å². The van der Waals surface area contributed by atoms with Gasteiger partial charge < -0.3 is 9.72 Å². The summed E-state index contributed by atoms with van der Waals surface area (Å²) in [4.78, 5) is 42.1. The van der Waals surface area contributed by atoms with Crippen LogP contribution in [0, 0.1) is 0 Å². The highest BCUT2D eigenvalue weighted by Crippen LogP contribution is 2.30. The Morgan fingerprint density at radius 2 is 1.76 bits per heavy atom. The number of ether oxygens (including phenoxy) is 1. The van der Waals surface area contributed by atoms with E-state index in [4.69, 9.17) is 4.74 Å². The lowest BCUT2D eigenvalue weighted by Gasteiger charge is -2.08. The van der Waals surface area contributed by atoms with Gasteiger partial charge in [0.1, 0.15) is 12.4 Å². The van der Waals surface area contributed by atoms with E-state index in [2.05, 4.69) is 9.97 Å². The van der Waals surface area contributed by atoms with E-state index in [1.54, 1.807) is 30.3 Å². The highest BCUT2D eigenvalue weighted by molar-refractivity contribution is 5.97. The smallest absolute Gasteiger partial charge is 0.416 e. The topological polar surface area (TPSA) is 89.1 Å². The Morgan fingerprint density at radius 3 is 2.45 bits per heavy atom. The maximum Gasteiger partial charge on any atom is 0.416 e. The first kappa shape index (κ1) is 20.2. The van der Waals surface area contributed by atoms with Crippen molar-refractivity contribution in [3.63, 3.8) is 0 Å². The number of hydrogen-bond donors (Lipinski definition) is 1. The minimum absolute atomic E-state index is 0.0125. The summed E-state index contributed by atoms with van der Waals surface area (Å²) < 4.78 is 43.5. The number of nitrogens with zero attached hydrogens (tertiary/aromatic N) is 1. The van der Waals surface area contributed by atoms with Gasteiger partial charge in [-0.1, -0.05) is 30.3 Å². The van der Waals surface area contributed by atoms with Gasteiger partial charge in [-0.2, -0.15) is 13.2 Å². The number of fused-ring (bicyclic) bond motifs is 1. The number of halogens is 3. The third-order valence-electron chi connectivity index (χ3n) is 4.10. The predicted molar refractivity (Wildman–Crippen MR) is 97.2 cm³/mol. The minimum atomic E-state index is -4.57. The summed E-state index contributed by atoms with van der Waals surface area (Å²) in [5.41, 5.74) is -1.27. The van der Waals surface area contributed by atoms with Crippen molar-refractivity contribution < 1.29 is 27.5 Å². The number of nitrogens with one attached hydrogen (secondary N) is 1. The van der Waals surface area contributed by atoms with Crippen molar-refractivity contribution in [1.82, 2.24) is 9.97 Å². The largest absolute Gasteiger partial charge is 0.458 e. The molecule has 0 radical (unpaired) electrons. The molecular weight excluding hydrogens is 389 g/mol. The van der Waals surface area contributed by atoms with Gasteiger partial charge in [-0.05, 0) is 18.2 Å². The normalized spacial score (nSPS) is 11.4. The van der Waals surface area contributed by atoms with E-state index in [1.807, 2.05) is 0 Å². The summed E-state index contributed by atoms with van der Waals surface area (Å²) in [7, 11) is 0. The zero-order valence-corrected chi connectivity index (χ0v) is 15.0. The molecule has 0 fully saturated rings. The highest BCUT2D eigenvalue weighted by atomic mass is 19.4. The fourth-order valence-electron chi connectivity index (χ4n) is 2.64. The van der Waals surface area contributed by atoms with E-state index in [0.29, 0.717) is 5.56 Å². The minimum Gasteiger partial charge on any atom is -0.458 e. The van der Waals surface area contributed by atoms with E-state index in [-0.39, 0.29) is 35.4 Å². The quantitative estimate of drug-likeness (QED) is 0.500. The molecule has 0 aliphatic carbocycles. The van der Waals surface area contributed by atoms with Gasteiger partial charge in [0, 0.05) is 12.0 Å². The molecule has 0 atom stereocenters. The third kappa shape index (κ3) is 5.07. The second-order valence-electron chi connectivity index (χ2n) is 6.19. The average Bonchev–Trinajstić information content (AvgIpc) is 2.70. The van der Waals surface area contributed by atoms with Crippen LogP contribution < -0.4 is 5.56 Å². The molecule has 9 heteroatoms. The number of aromatic nitrogens is 2. The first-order valence-electron chi connectivity index (χ1n) is 8.58. The zero-order valence-electron chi connectivity index (χ0n) is 15.0. The molecule has 0 spiro atoms. The first-order valence-corrected chi connectivity index (χ1v) is 8.58. The molecule has 1 N–H and O–H groups in total. The number of alkyl halides is 3. The van der Waals surface area contributed by atoms with Gasteiger partial charge in [-0.15, -0.1) is 0 Å². The van der Waals surface area contributed by atoms with Crippen molar-refractivity contribution in [2.45, 2.75) is 25.6 Å². The lowest BCUT2D eigenvalue weighted by Crippen LogP contribution is -2.15. The highest BCUT2D eigenvalue weighted by Gasteiger charge is 2.30. The van der Waals surface area contributed by atoms with Gasteiger partial charge in [0.05, 0.1) is 22.9 Å². The number of H-pyrrole nitrogens is 1. The summed E-state index contributed by atoms with van der Waals surface area (Å²) in [6, 6.07) is 11.0. The Bertz CT molecular complexity index is 1110. The van der Waals surface area contributed by atoms with Gasteiger partial charge in [0.25, 0.3) is 5.56 Å². The summed E-state index contributed by atoms with van der Waals surface area (Å²) in [6.45, 7) is -0.431. The van der Waals surface area contributed by atoms with Crippen molar-refractivity contribution in [3.8, 4) is 0 Å². The number of rotatable bonds is 6. The van der Waals surface area contributed by atoms with Crippen LogP contribution in [0.2, 0.25) is 0 Å². The van der Waals surface area contributed by atoms with Crippen LogP contribution in [-0.4, -0.2) is 21.7 Å². The molecule has 0 aliphatic rings. The van der Waals surface area contributed by atoms with Crippen molar-refractivity contribution >= 4 is 22.7 Å². The lowest BCUT2D eigenvalue weighted by molar-refractivity contribution is -0.145. The molecule has 1 heterocycles. The molecule has 0 unspecified atom stereocenters. The maximum absolute atomic E-state index is 12.8. The molecule has 3 aromatic rings. The Balaban J connectivity index is 1.64. The molecule has 0 aliphatic heterocycles. The fraction of sp³-hybridized carbons (Fsp3) is 0.200. The van der Waals surface area contributed by atoms with Gasteiger partial charge in [-0.25, -0.2) is 4.98 Å². The Hall–Kier alpha value is -3.49. The number of aromatic amines is 1. The second kappa shape index (κ2) is 8.26. The van der Waals surface area contributed by atoms with E-state index in [0.717, 1.165) is 18.2 Å². The number of hydrogen-bond acceptors (Lipinski definition) is 5. The molecule has 3 rings (SSSR count). The number of carbonyl (C=O) groups is 2. The van der Waals surface area contributed by atoms with Crippen molar-refractivity contribution in [2.24, 2.45) is 0 Å². The Morgan fingerprint density at radius 1 is 1.03 bits per heavy atom.